The van der Waals surface area contributed by atoms with E-state index < -0.39 is 30.0 Å². The molecule has 1 N–H and O–H groups in total. The normalized spacial score (nSPS) is 11.6. The van der Waals surface area contributed by atoms with Crippen molar-refractivity contribution in [3.8, 4) is 11.8 Å². The molecule has 0 aliphatic heterocycles. The van der Waals surface area contributed by atoms with Gasteiger partial charge >= 0.3 is 12.4 Å². The van der Waals surface area contributed by atoms with Crippen molar-refractivity contribution in [2.75, 3.05) is 29.9 Å². The van der Waals surface area contributed by atoms with E-state index in [4.69, 9.17) is 10.00 Å². The van der Waals surface area contributed by atoms with Gasteiger partial charge in [0.25, 0.3) is 0 Å². The molecule has 0 radical (unpaired) electrons. The minimum absolute atomic E-state index is 0.0102. The fraction of sp³-hybridized carbons (Fsp3) is 0.333. The molecule has 2 aromatic carbocycles. The Morgan fingerprint density at radius 1 is 1.09 bits per heavy atom. The van der Waals surface area contributed by atoms with E-state index in [1.165, 1.54) is 13.0 Å². The van der Waals surface area contributed by atoms with Gasteiger partial charge in [-0.25, -0.2) is 0 Å². The van der Waals surface area contributed by atoms with Crippen LogP contribution >= 0.6 is 0 Å². The number of hydrogen-bond donors (Lipinski definition) is 1. The molecule has 2 aromatic rings. The number of amides is 1. The highest BCUT2D eigenvalue weighted by molar-refractivity contribution is 5.88. The van der Waals surface area contributed by atoms with Gasteiger partial charge in [0, 0.05) is 24.8 Å². The Morgan fingerprint density at radius 2 is 1.75 bits per heavy atom. The first-order chi connectivity index (χ1) is 14.9. The number of carbonyl (C=O) groups excluding carboxylic acids is 1. The highest BCUT2D eigenvalue weighted by Gasteiger charge is 2.35. The van der Waals surface area contributed by atoms with Crippen molar-refractivity contribution in [1.29, 1.82) is 5.26 Å². The molecule has 0 spiro atoms. The summed E-state index contributed by atoms with van der Waals surface area (Å²) in [6, 6.07) is 10.2. The number of nitriles is 1. The summed E-state index contributed by atoms with van der Waals surface area (Å²) in [5.74, 6) is 0.166. The molecular weight excluding hydrogens is 440 g/mol. The van der Waals surface area contributed by atoms with E-state index in [0.29, 0.717) is 17.5 Å². The number of carbonyl (C=O) groups is 1. The van der Waals surface area contributed by atoms with E-state index in [1.807, 2.05) is 0 Å². The Balaban J connectivity index is 2.07. The highest BCUT2D eigenvalue weighted by atomic mass is 19.4. The van der Waals surface area contributed by atoms with Gasteiger partial charge in [-0.15, -0.1) is 0 Å². The molecule has 1 amide bonds. The Kier molecular flexibility index (Phi) is 7.97. The van der Waals surface area contributed by atoms with Crippen molar-refractivity contribution in [3.63, 3.8) is 0 Å². The maximum atomic E-state index is 13.2. The van der Waals surface area contributed by atoms with E-state index in [-0.39, 0.29) is 31.2 Å². The lowest BCUT2D eigenvalue weighted by Gasteiger charge is -2.27. The lowest BCUT2D eigenvalue weighted by molar-refractivity contribution is -0.137. The molecule has 0 unspecified atom stereocenters. The van der Waals surface area contributed by atoms with E-state index in [9.17, 15) is 31.1 Å². The average molecular weight is 459 g/mol. The minimum Gasteiger partial charge on any atom is -0.494 e. The molecule has 0 aromatic heterocycles. The molecule has 0 bridgehead atoms. The van der Waals surface area contributed by atoms with Crippen LogP contribution in [0, 0.1) is 11.3 Å². The predicted molar refractivity (Wildman–Crippen MR) is 105 cm³/mol. The largest absolute Gasteiger partial charge is 0.494 e. The first-order valence-corrected chi connectivity index (χ1v) is 9.32. The quantitative estimate of drug-likeness (QED) is 0.426. The van der Waals surface area contributed by atoms with Crippen molar-refractivity contribution < 1.29 is 35.9 Å². The van der Waals surface area contributed by atoms with Gasteiger partial charge in [0.1, 0.15) is 12.3 Å². The lowest BCUT2D eigenvalue weighted by Crippen LogP contribution is -2.35. The van der Waals surface area contributed by atoms with E-state index in [1.54, 1.807) is 24.3 Å². The molecule has 0 heterocycles. The second-order valence-corrected chi connectivity index (χ2v) is 6.78. The van der Waals surface area contributed by atoms with Crippen molar-refractivity contribution in [2.24, 2.45) is 0 Å². The van der Waals surface area contributed by atoms with Crippen molar-refractivity contribution in [2.45, 2.75) is 25.7 Å². The van der Waals surface area contributed by atoms with Gasteiger partial charge < -0.3 is 15.0 Å². The highest BCUT2D eigenvalue weighted by Crippen LogP contribution is 2.35. The van der Waals surface area contributed by atoms with Gasteiger partial charge in [0.2, 0.25) is 5.91 Å². The second kappa shape index (κ2) is 10.3. The monoisotopic (exact) mass is 459 g/mol. The fourth-order valence-electron chi connectivity index (χ4n) is 2.86. The van der Waals surface area contributed by atoms with E-state index in [0.717, 1.165) is 17.0 Å². The van der Waals surface area contributed by atoms with E-state index in [2.05, 4.69) is 5.32 Å². The number of ether oxygens (including phenoxy) is 1. The molecule has 0 saturated carbocycles. The molecule has 0 saturated heterocycles. The summed E-state index contributed by atoms with van der Waals surface area (Å²) >= 11 is 0. The zero-order chi connectivity index (χ0) is 23.9. The van der Waals surface area contributed by atoms with Crippen molar-refractivity contribution >= 4 is 17.3 Å². The van der Waals surface area contributed by atoms with Crippen LogP contribution in [0.25, 0.3) is 0 Å². The number of hydrogen-bond acceptors (Lipinski definition) is 4. The zero-order valence-electron chi connectivity index (χ0n) is 16.8. The van der Waals surface area contributed by atoms with E-state index >= 15 is 0 Å². The smallest absolute Gasteiger partial charge is 0.417 e. The summed E-state index contributed by atoms with van der Waals surface area (Å²) in [6.45, 7) is -0.326. The van der Waals surface area contributed by atoms with Crippen LogP contribution in [0.2, 0.25) is 0 Å². The average Bonchev–Trinajstić information content (AvgIpc) is 2.69. The summed E-state index contributed by atoms with van der Waals surface area (Å²) in [5, 5.41) is 11.4. The Hall–Kier alpha value is -3.42. The van der Waals surface area contributed by atoms with Gasteiger partial charge in [-0.2, -0.15) is 31.6 Å². The van der Waals surface area contributed by atoms with Crippen LogP contribution in [0.15, 0.2) is 42.5 Å². The zero-order valence-corrected chi connectivity index (χ0v) is 16.8. The molecule has 0 fully saturated rings. The molecule has 172 valence electrons. The van der Waals surface area contributed by atoms with Crippen LogP contribution < -0.4 is 15.0 Å². The van der Waals surface area contributed by atoms with Crippen molar-refractivity contribution in [1.82, 2.24) is 0 Å². The van der Waals surface area contributed by atoms with Crippen LogP contribution in [0.5, 0.6) is 5.75 Å². The SMILES string of the molecule is CC(=O)Nc1ccc(OCCCN(CC(F)(F)F)c2ccc(C#N)c(C(F)(F)F)c2)cc1. The van der Waals surface area contributed by atoms with Crippen LogP contribution in [0.4, 0.5) is 37.7 Å². The minimum atomic E-state index is -4.88. The molecular formula is C21H19F6N3O2. The molecule has 2 rings (SSSR count). The predicted octanol–water partition coefficient (Wildman–Crippen LogP) is 5.37. The first-order valence-electron chi connectivity index (χ1n) is 9.32. The van der Waals surface area contributed by atoms with Gasteiger partial charge in [-0.1, -0.05) is 0 Å². The third-order valence-electron chi connectivity index (χ3n) is 4.18. The van der Waals surface area contributed by atoms with Crippen LogP contribution in [-0.2, 0) is 11.0 Å². The Morgan fingerprint density at radius 3 is 2.28 bits per heavy atom. The number of nitrogens with zero attached hydrogens (tertiary/aromatic N) is 2. The number of rotatable bonds is 8. The maximum Gasteiger partial charge on any atom is 0.417 e. The number of nitrogens with one attached hydrogen (secondary N) is 1. The number of halogens is 6. The third kappa shape index (κ3) is 7.68. The fourth-order valence-corrected chi connectivity index (χ4v) is 2.86. The molecule has 0 aliphatic rings. The van der Waals surface area contributed by atoms with Gasteiger partial charge in [-0.3, -0.25) is 4.79 Å². The number of alkyl halides is 6. The molecule has 0 atom stereocenters. The molecule has 0 aliphatic carbocycles. The molecule has 5 nitrogen and oxygen atoms in total. The van der Waals surface area contributed by atoms with Crippen LogP contribution in [-0.4, -0.2) is 31.8 Å². The van der Waals surface area contributed by atoms with Gasteiger partial charge in [0.15, 0.2) is 0 Å². The Labute approximate surface area is 180 Å². The standard InChI is InChI=1S/C21H19F6N3O2/c1-14(31)29-16-4-7-18(8-5-16)32-10-2-9-30(13-20(22,23)24)17-6-3-15(12-28)19(11-17)21(25,26)27/h3-8,11H,2,9-10,13H2,1H3,(H,29,31). The maximum absolute atomic E-state index is 13.2. The molecule has 11 heteroatoms. The first kappa shape index (κ1) is 24.8. The summed E-state index contributed by atoms with van der Waals surface area (Å²) < 4.78 is 84.0. The third-order valence-corrected chi connectivity index (χ3v) is 4.18. The summed E-state index contributed by atoms with van der Waals surface area (Å²) in [6.07, 6.45) is -9.44. The Bertz CT molecular complexity index is 965. The number of anilines is 2. The summed E-state index contributed by atoms with van der Waals surface area (Å²) in [5.41, 5.74) is -1.71. The number of benzene rings is 2. The van der Waals surface area contributed by atoms with Crippen LogP contribution in [0.1, 0.15) is 24.5 Å². The van der Waals surface area contributed by atoms with Crippen LogP contribution in [0.3, 0.4) is 0 Å². The topological polar surface area (TPSA) is 65.4 Å². The summed E-state index contributed by atoms with van der Waals surface area (Å²) in [4.78, 5) is 11.8. The molecule has 32 heavy (non-hydrogen) atoms. The van der Waals surface area contributed by atoms with Gasteiger partial charge in [-0.05, 0) is 48.9 Å². The lowest BCUT2D eigenvalue weighted by atomic mass is 10.1. The van der Waals surface area contributed by atoms with Gasteiger partial charge in [0.05, 0.1) is 23.8 Å². The van der Waals surface area contributed by atoms with Crippen molar-refractivity contribution in [3.05, 3.63) is 53.6 Å². The second-order valence-electron chi connectivity index (χ2n) is 6.78. The summed E-state index contributed by atoms with van der Waals surface area (Å²) in [7, 11) is 0.